The molecule has 0 aromatic heterocycles. The van der Waals surface area contributed by atoms with E-state index in [-0.39, 0.29) is 11.9 Å². The maximum absolute atomic E-state index is 11.5. The predicted molar refractivity (Wildman–Crippen MR) is 74.5 cm³/mol. The second-order valence-electron chi connectivity index (χ2n) is 5.14. The Labute approximate surface area is 111 Å². The maximum atomic E-state index is 11.5. The monoisotopic (exact) mass is 277 g/mol. The molecule has 5 heteroatoms. The van der Waals surface area contributed by atoms with Crippen LogP contribution in [0.5, 0.6) is 0 Å². The van der Waals surface area contributed by atoms with E-state index in [0.717, 1.165) is 32.4 Å². The molecular formula is C13H27NO3S. The van der Waals surface area contributed by atoms with Crippen LogP contribution in [0.4, 0.5) is 0 Å². The SMILES string of the molecule is CCNC(CCCS(=O)(=O)CC)C1OCCC1C. The largest absolute Gasteiger partial charge is 0.376 e. The molecule has 3 unspecified atom stereocenters. The number of rotatable bonds is 8. The molecule has 1 heterocycles. The van der Waals surface area contributed by atoms with Crippen molar-refractivity contribution in [3.05, 3.63) is 0 Å². The van der Waals surface area contributed by atoms with Gasteiger partial charge in [0.25, 0.3) is 0 Å². The number of hydrogen-bond donors (Lipinski definition) is 1. The van der Waals surface area contributed by atoms with Gasteiger partial charge in [-0.1, -0.05) is 20.8 Å². The van der Waals surface area contributed by atoms with Crippen molar-refractivity contribution in [2.24, 2.45) is 5.92 Å². The molecule has 108 valence electrons. The molecule has 3 atom stereocenters. The first-order valence-corrected chi connectivity index (χ1v) is 8.87. The lowest BCUT2D eigenvalue weighted by Gasteiger charge is -2.26. The highest BCUT2D eigenvalue weighted by atomic mass is 32.2. The average Bonchev–Trinajstić information content (AvgIpc) is 2.74. The van der Waals surface area contributed by atoms with Crippen LogP contribution in [-0.2, 0) is 14.6 Å². The quantitative estimate of drug-likeness (QED) is 0.732. The molecular weight excluding hydrogens is 250 g/mol. The van der Waals surface area contributed by atoms with Crippen LogP contribution < -0.4 is 5.32 Å². The number of likely N-dealkylation sites (N-methyl/N-ethyl adjacent to an activating group) is 1. The van der Waals surface area contributed by atoms with Gasteiger partial charge in [-0.15, -0.1) is 0 Å². The molecule has 0 aromatic rings. The van der Waals surface area contributed by atoms with Gasteiger partial charge in [-0.25, -0.2) is 8.42 Å². The highest BCUT2D eigenvalue weighted by Crippen LogP contribution is 2.25. The molecule has 0 saturated carbocycles. The Hall–Kier alpha value is -0.130. The van der Waals surface area contributed by atoms with Gasteiger partial charge < -0.3 is 10.1 Å². The Morgan fingerprint density at radius 1 is 1.39 bits per heavy atom. The molecule has 1 N–H and O–H groups in total. The van der Waals surface area contributed by atoms with Crippen LogP contribution in [0.2, 0.25) is 0 Å². The van der Waals surface area contributed by atoms with Gasteiger partial charge in [0, 0.05) is 18.4 Å². The topological polar surface area (TPSA) is 55.4 Å². The highest BCUT2D eigenvalue weighted by Gasteiger charge is 2.31. The second-order valence-corrected chi connectivity index (χ2v) is 7.62. The van der Waals surface area contributed by atoms with Gasteiger partial charge in [0.2, 0.25) is 0 Å². The number of sulfone groups is 1. The molecule has 1 fully saturated rings. The highest BCUT2D eigenvalue weighted by molar-refractivity contribution is 7.91. The van der Waals surface area contributed by atoms with Crippen molar-refractivity contribution in [2.75, 3.05) is 24.7 Å². The van der Waals surface area contributed by atoms with Crippen molar-refractivity contribution in [1.29, 1.82) is 0 Å². The zero-order valence-corrected chi connectivity index (χ0v) is 12.6. The van der Waals surface area contributed by atoms with E-state index in [4.69, 9.17) is 4.74 Å². The molecule has 0 aliphatic carbocycles. The van der Waals surface area contributed by atoms with E-state index in [1.807, 2.05) is 0 Å². The van der Waals surface area contributed by atoms with Gasteiger partial charge in [-0.3, -0.25) is 0 Å². The Morgan fingerprint density at radius 3 is 2.61 bits per heavy atom. The molecule has 1 saturated heterocycles. The summed E-state index contributed by atoms with van der Waals surface area (Å²) >= 11 is 0. The molecule has 1 rings (SSSR count). The number of hydrogen-bond acceptors (Lipinski definition) is 4. The standard InChI is InChI=1S/C13H27NO3S/c1-4-14-12(13-11(3)8-9-17-13)7-6-10-18(15,16)5-2/h11-14H,4-10H2,1-3H3. The van der Waals surface area contributed by atoms with Crippen molar-refractivity contribution < 1.29 is 13.2 Å². The van der Waals surface area contributed by atoms with E-state index < -0.39 is 9.84 Å². The third-order valence-corrected chi connectivity index (χ3v) is 5.51. The molecule has 0 aromatic carbocycles. The summed E-state index contributed by atoms with van der Waals surface area (Å²) in [6.45, 7) is 7.73. The van der Waals surface area contributed by atoms with E-state index in [0.29, 0.717) is 17.7 Å². The van der Waals surface area contributed by atoms with E-state index in [1.54, 1.807) is 6.92 Å². The minimum Gasteiger partial charge on any atom is -0.376 e. The lowest BCUT2D eigenvalue weighted by atomic mass is 9.95. The lowest BCUT2D eigenvalue weighted by Crippen LogP contribution is -2.42. The van der Waals surface area contributed by atoms with Gasteiger partial charge >= 0.3 is 0 Å². The van der Waals surface area contributed by atoms with Crippen molar-refractivity contribution in [1.82, 2.24) is 5.32 Å². The fourth-order valence-electron chi connectivity index (χ4n) is 2.54. The summed E-state index contributed by atoms with van der Waals surface area (Å²) in [4.78, 5) is 0. The first kappa shape index (κ1) is 15.9. The molecule has 0 bridgehead atoms. The summed E-state index contributed by atoms with van der Waals surface area (Å²) in [5, 5.41) is 3.44. The van der Waals surface area contributed by atoms with Gasteiger partial charge in [-0.05, 0) is 31.7 Å². The van der Waals surface area contributed by atoms with Crippen molar-refractivity contribution in [2.45, 2.75) is 52.2 Å². The smallest absolute Gasteiger partial charge is 0.150 e. The minimum atomic E-state index is -2.84. The molecule has 1 aliphatic heterocycles. The number of ether oxygens (including phenoxy) is 1. The third-order valence-electron chi connectivity index (χ3n) is 3.72. The van der Waals surface area contributed by atoms with Crippen LogP contribution in [-0.4, -0.2) is 45.2 Å². The number of nitrogens with one attached hydrogen (secondary N) is 1. The van der Waals surface area contributed by atoms with Crippen LogP contribution in [0.3, 0.4) is 0 Å². The summed E-state index contributed by atoms with van der Waals surface area (Å²) in [6, 6.07) is 0.291. The normalized spacial score (nSPS) is 26.4. The molecule has 0 spiro atoms. The molecule has 0 radical (unpaired) electrons. The fraction of sp³-hybridized carbons (Fsp3) is 1.00. The van der Waals surface area contributed by atoms with Crippen LogP contribution in [0.25, 0.3) is 0 Å². The lowest BCUT2D eigenvalue weighted by molar-refractivity contribution is 0.0586. The molecule has 18 heavy (non-hydrogen) atoms. The Balaban J connectivity index is 2.43. The first-order chi connectivity index (χ1) is 8.50. The Kier molecular flexibility index (Phi) is 6.60. The van der Waals surface area contributed by atoms with Gasteiger partial charge in [-0.2, -0.15) is 0 Å². The van der Waals surface area contributed by atoms with Crippen LogP contribution in [0.1, 0.15) is 40.0 Å². The summed E-state index contributed by atoms with van der Waals surface area (Å²) in [7, 11) is -2.84. The zero-order chi connectivity index (χ0) is 13.6. The summed E-state index contributed by atoms with van der Waals surface area (Å²) in [6.07, 6.45) is 2.96. The van der Waals surface area contributed by atoms with Crippen molar-refractivity contribution in [3.63, 3.8) is 0 Å². The zero-order valence-electron chi connectivity index (χ0n) is 11.8. The van der Waals surface area contributed by atoms with Crippen molar-refractivity contribution >= 4 is 9.84 Å². The summed E-state index contributed by atoms with van der Waals surface area (Å²) in [5.41, 5.74) is 0. The molecule has 1 aliphatic rings. The van der Waals surface area contributed by atoms with Crippen molar-refractivity contribution in [3.8, 4) is 0 Å². The van der Waals surface area contributed by atoms with Gasteiger partial charge in [0.05, 0.1) is 11.9 Å². The fourth-order valence-corrected chi connectivity index (χ4v) is 3.44. The van der Waals surface area contributed by atoms with Gasteiger partial charge in [0.15, 0.2) is 0 Å². The van der Waals surface area contributed by atoms with E-state index >= 15 is 0 Å². The molecule has 0 amide bonds. The minimum absolute atomic E-state index is 0.245. The van der Waals surface area contributed by atoms with Crippen LogP contribution in [0.15, 0.2) is 0 Å². The third kappa shape index (κ3) is 4.86. The predicted octanol–water partition coefficient (Wildman–Crippen LogP) is 1.60. The van der Waals surface area contributed by atoms with Gasteiger partial charge in [0.1, 0.15) is 9.84 Å². The maximum Gasteiger partial charge on any atom is 0.150 e. The second kappa shape index (κ2) is 7.46. The van der Waals surface area contributed by atoms with Crippen LogP contribution >= 0.6 is 0 Å². The average molecular weight is 277 g/mol. The van der Waals surface area contributed by atoms with E-state index in [9.17, 15) is 8.42 Å². The Bertz CT molecular complexity index is 329. The summed E-state index contributed by atoms with van der Waals surface area (Å²) in [5.74, 6) is 1.11. The van der Waals surface area contributed by atoms with E-state index in [1.165, 1.54) is 0 Å². The summed E-state index contributed by atoms with van der Waals surface area (Å²) < 4.78 is 28.7. The Morgan fingerprint density at radius 2 is 2.11 bits per heavy atom. The molecule has 4 nitrogen and oxygen atoms in total. The van der Waals surface area contributed by atoms with Crippen LogP contribution in [0, 0.1) is 5.92 Å². The first-order valence-electron chi connectivity index (χ1n) is 7.05. The van der Waals surface area contributed by atoms with E-state index in [2.05, 4.69) is 19.2 Å².